The minimum Gasteiger partial charge on any atom is -0.388 e. The van der Waals surface area contributed by atoms with E-state index in [2.05, 4.69) is 20.3 Å². The van der Waals surface area contributed by atoms with Crippen molar-refractivity contribution in [3.8, 4) is 0 Å². The summed E-state index contributed by atoms with van der Waals surface area (Å²) in [7, 11) is -2.79. The molecule has 1 aliphatic rings. The van der Waals surface area contributed by atoms with Gasteiger partial charge in [0.2, 0.25) is 5.95 Å². The standard InChI is InChI=1S/C20H35N6O7P/c1-6-19(4,33-34(30,31)20(29,7-2)8-3)9-11-13(27)14(28)17(32-11)26-10-23-12-15(22-5)24-18(21)25-16(12)26/h10-11,13-14,17,27-29H,6-9H2,1-5H3,(H,30,31)(H3,21,22,24,25)/t11-,13-,14-,17?,19?/m1/s1. The molecule has 14 heteroatoms. The number of hydrogen-bond acceptors (Lipinski definition) is 11. The lowest BCUT2D eigenvalue weighted by molar-refractivity contribution is -0.0696. The number of nitrogens with zero attached hydrogens (tertiary/aromatic N) is 4. The van der Waals surface area contributed by atoms with E-state index >= 15 is 0 Å². The average Bonchev–Trinajstić information content (AvgIpc) is 3.33. The Kier molecular flexibility index (Phi) is 7.59. The zero-order valence-electron chi connectivity index (χ0n) is 20.0. The van der Waals surface area contributed by atoms with Crippen molar-refractivity contribution in [3.05, 3.63) is 6.33 Å². The quantitative estimate of drug-likeness (QED) is 0.255. The molecule has 34 heavy (non-hydrogen) atoms. The smallest absolute Gasteiger partial charge is 0.359 e. The predicted octanol–water partition coefficient (Wildman–Crippen LogP) is 1.34. The Labute approximate surface area is 197 Å². The molecule has 1 saturated heterocycles. The molecule has 0 amide bonds. The first-order chi connectivity index (χ1) is 15.8. The van der Waals surface area contributed by atoms with Crippen LogP contribution in [0.2, 0.25) is 0 Å². The van der Waals surface area contributed by atoms with Crippen LogP contribution in [0.5, 0.6) is 0 Å². The number of aliphatic hydroxyl groups excluding tert-OH is 2. The SMILES string of the molecule is CCC(C)(C[C@H]1OC(n2cnc3c(NC)nc(N)nc32)[C@H](O)[C@@H]1O)OP(=O)(O)C(O)(CC)CC. The fourth-order valence-electron chi connectivity index (χ4n) is 4.13. The minimum atomic E-state index is -4.45. The number of imidazole rings is 1. The Balaban J connectivity index is 1.87. The van der Waals surface area contributed by atoms with Crippen LogP contribution in [0.4, 0.5) is 11.8 Å². The van der Waals surface area contributed by atoms with Crippen LogP contribution in [0.3, 0.4) is 0 Å². The van der Waals surface area contributed by atoms with Crippen LogP contribution in [0.15, 0.2) is 6.33 Å². The van der Waals surface area contributed by atoms with Crippen molar-refractivity contribution < 1.29 is 34.0 Å². The third kappa shape index (κ3) is 4.66. The highest BCUT2D eigenvalue weighted by molar-refractivity contribution is 7.54. The molecule has 3 heterocycles. The Bertz CT molecular complexity index is 1060. The van der Waals surface area contributed by atoms with Crippen molar-refractivity contribution in [1.29, 1.82) is 0 Å². The van der Waals surface area contributed by atoms with Gasteiger partial charge in [-0.05, 0) is 26.2 Å². The molecular formula is C20H35N6O7P. The molecule has 0 saturated carbocycles. The van der Waals surface area contributed by atoms with Crippen molar-refractivity contribution in [3.63, 3.8) is 0 Å². The molecule has 3 unspecified atom stereocenters. The van der Waals surface area contributed by atoms with E-state index < -0.39 is 43.1 Å². The van der Waals surface area contributed by atoms with Gasteiger partial charge in [-0.15, -0.1) is 0 Å². The lowest BCUT2D eigenvalue weighted by Crippen LogP contribution is -2.40. The first-order valence-electron chi connectivity index (χ1n) is 11.3. The third-order valence-corrected chi connectivity index (χ3v) is 9.04. The zero-order chi connectivity index (χ0) is 25.5. The van der Waals surface area contributed by atoms with Gasteiger partial charge in [-0.3, -0.25) is 9.13 Å². The van der Waals surface area contributed by atoms with Crippen LogP contribution in [-0.2, 0) is 13.8 Å². The second-order valence-electron chi connectivity index (χ2n) is 8.86. The molecule has 1 fully saturated rings. The maximum atomic E-state index is 13.0. The number of aromatic nitrogens is 4. The molecule has 3 rings (SSSR count). The van der Waals surface area contributed by atoms with Gasteiger partial charge in [0.15, 0.2) is 28.6 Å². The van der Waals surface area contributed by atoms with Gasteiger partial charge in [0, 0.05) is 13.5 Å². The number of fused-ring (bicyclic) bond motifs is 1. The molecule has 6 atom stereocenters. The van der Waals surface area contributed by atoms with Gasteiger partial charge in [-0.2, -0.15) is 9.97 Å². The van der Waals surface area contributed by atoms with Gasteiger partial charge in [0.1, 0.15) is 12.2 Å². The van der Waals surface area contributed by atoms with Crippen LogP contribution in [0.25, 0.3) is 11.2 Å². The molecule has 0 spiro atoms. The van der Waals surface area contributed by atoms with E-state index in [-0.39, 0.29) is 31.6 Å². The molecule has 0 bridgehead atoms. The topological polar surface area (TPSA) is 198 Å². The van der Waals surface area contributed by atoms with Crippen molar-refractivity contribution in [2.75, 3.05) is 18.1 Å². The van der Waals surface area contributed by atoms with E-state index in [4.69, 9.17) is 15.0 Å². The number of nitrogens with two attached hydrogens (primary N) is 1. The first kappa shape index (κ1) is 26.7. The highest BCUT2D eigenvalue weighted by Gasteiger charge is 2.51. The third-order valence-electron chi connectivity index (χ3n) is 6.67. The van der Waals surface area contributed by atoms with Gasteiger partial charge in [-0.1, -0.05) is 20.8 Å². The van der Waals surface area contributed by atoms with Crippen LogP contribution >= 0.6 is 7.60 Å². The highest BCUT2D eigenvalue weighted by atomic mass is 31.2. The van der Waals surface area contributed by atoms with E-state index in [1.165, 1.54) is 10.9 Å². The van der Waals surface area contributed by atoms with E-state index in [9.17, 15) is 24.8 Å². The molecular weight excluding hydrogens is 467 g/mol. The molecule has 0 aliphatic carbocycles. The van der Waals surface area contributed by atoms with E-state index in [1.54, 1.807) is 34.7 Å². The normalized spacial score (nSPS) is 27.0. The number of nitrogens with one attached hydrogen (secondary N) is 1. The molecule has 1 aliphatic heterocycles. The number of ether oxygens (including phenoxy) is 1. The number of anilines is 2. The van der Waals surface area contributed by atoms with Crippen LogP contribution in [-0.4, -0.2) is 76.0 Å². The summed E-state index contributed by atoms with van der Waals surface area (Å²) in [6.07, 6.45) is -2.91. The maximum absolute atomic E-state index is 13.0. The van der Waals surface area contributed by atoms with Crippen molar-refractivity contribution in [2.24, 2.45) is 0 Å². The lowest BCUT2D eigenvalue weighted by Gasteiger charge is -2.38. The molecule has 192 valence electrons. The summed E-state index contributed by atoms with van der Waals surface area (Å²) < 4.78 is 26.0. The number of rotatable bonds is 10. The van der Waals surface area contributed by atoms with Gasteiger partial charge in [-0.25, -0.2) is 4.98 Å². The number of nitrogen functional groups attached to an aromatic ring is 1. The van der Waals surface area contributed by atoms with Crippen molar-refractivity contribution in [1.82, 2.24) is 19.5 Å². The monoisotopic (exact) mass is 502 g/mol. The van der Waals surface area contributed by atoms with Gasteiger partial charge < -0.3 is 40.5 Å². The summed E-state index contributed by atoms with van der Waals surface area (Å²) in [5, 5.41) is 33.1. The Morgan fingerprint density at radius 2 is 1.88 bits per heavy atom. The van der Waals surface area contributed by atoms with Gasteiger partial charge in [0.05, 0.1) is 18.0 Å². The number of hydrogen-bond donors (Lipinski definition) is 6. The molecule has 13 nitrogen and oxygen atoms in total. The second kappa shape index (κ2) is 9.65. The molecule has 0 aromatic carbocycles. The fraction of sp³-hybridized carbons (Fsp3) is 0.750. The van der Waals surface area contributed by atoms with Crippen LogP contribution < -0.4 is 11.1 Å². The maximum Gasteiger partial charge on any atom is 0.359 e. The zero-order valence-corrected chi connectivity index (χ0v) is 20.9. The first-order valence-corrected chi connectivity index (χ1v) is 12.9. The summed E-state index contributed by atoms with van der Waals surface area (Å²) in [4.78, 5) is 23.1. The number of aliphatic hydroxyl groups is 3. The van der Waals surface area contributed by atoms with Crippen LogP contribution in [0.1, 0.15) is 59.6 Å². The molecule has 2 aromatic heterocycles. The van der Waals surface area contributed by atoms with E-state index in [0.29, 0.717) is 17.0 Å². The molecule has 2 aromatic rings. The largest absolute Gasteiger partial charge is 0.388 e. The minimum absolute atomic E-state index is 0.00632. The average molecular weight is 503 g/mol. The summed E-state index contributed by atoms with van der Waals surface area (Å²) in [5.74, 6) is 0.393. The Morgan fingerprint density at radius 3 is 2.44 bits per heavy atom. The fourth-order valence-corrected chi connectivity index (χ4v) is 5.90. The van der Waals surface area contributed by atoms with Gasteiger partial charge >= 0.3 is 7.60 Å². The Morgan fingerprint density at radius 1 is 1.24 bits per heavy atom. The summed E-state index contributed by atoms with van der Waals surface area (Å²) in [6, 6.07) is 0. The van der Waals surface area contributed by atoms with Gasteiger partial charge in [0.25, 0.3) is 0 Å². The summed E-state index contributed by atoms with van der Waals surface area (Å²) in [6.45, 7) is 6.58. The Hall–Kier alpha value is -1.86. The van der Waals surface area contributed by atoms with Crippen molar-refractivity contribution in [2.45, 2.75) is 88.9 Å². The van der Waals surface area contributed by atoms with Crippen molar-refractivity contribution >= 4 is 30.5 Å². The van der Waals surface area contributed by atoms with Crippen LogP contribution in [0, 0.1) is 0 Å². The molecule has 0 radical (unpaired) electrons. The van der Waals surface area contributed by atoms with E-state index in [0.717, 1.165) is 0 Å². The predicted molar refractivity (Wildman–Crippen MR) is 125 cm³/mol. The second-order valence-corrected chi connectivity index (χ2v) is 10.9. The van der Waals surface area contributed by atoms with E-state index in [1.807, 2.05) is 0 Å². The lowest BCUT2D eigenvalue weighted by atomic mass is 9.93. The highest BCUT2D eigenvalue weighted by Crippen LogP contribution is 2.60. The summed E-state index contributed by atoms with van der Waals surface area (Å²) >= 11 is 0. The summed E-state index contributed by atoms with van der Waals surface area (Å²) in [5.41, 5.74) is 5.27. The molecule has 7 N–H and O–H groups in total.